The summed E-state index contributed by atoms with van der Waals surface area (Å²) in [6.45, 7) is 0.483. The van der Waals surface area contributed by atoms with Gasteiger partial charge in [0.15, 0.2) is 0 Å². The first-order valence-corrected chi connectivity index (χ1v) is 8.27. The van der Waals surface area contributed by atoms with Crippen LogP contribution in [-0.2, 0) is 17.8 Å². The van der Waals surface area contributed by atoms with Gasteiger partial charge in [0.2, 0.25) is 0 Å². The molecule has 0 unspecified atom stereocenters. The van der Waals surface area contributed by atoms with Gasteiger partial charge < -0.3 is 9.84 Å². The van der Waals surface area contributed by atoms with E-state index in [-0.39, 0.29) is 6.42 Å². The van der Waals surface area contributed by atoms with Gasteiger partial charge in [-0.05, 0) is 41.0 Å². The minimum Gasteiger partial charge on any atom is -0.489 e. The molecule has 0 bridgehead atoms. The Balaban J connectivity index is 1.82. The van der Waals surface area contributed by atoms with E-state index >= 15 is 0 Å². The largest absolute Gasteiger partial charge is 0.489 e. The zero-order valence-corrected chi connectivity index (χ0v) is 14.2. The Labute approximate surface area is 151 Å². The monoisotopic (exact) mass is 352 g/mol. The normalized spacial score (nSPS) is 10.4. The predicted octanol–water partition coefficient (Wildman–Crippen LogP) is 5.21. The van der Waals surface area contributed by atoms with E-state index < -0.39 is 5.97 Å². The lowest BCUT2D eigenvalue weighted by molar-refractivity contribution is -0.136. The van der Waals surface area contributed by atoms with E-state index in [1.807, 2.05) is 60.7 Å². The lowest BCUT2D eigenvalue weighted by Gasteiger charge is -2.10. The summed E-state index contributed by atoms with van der Waals surface area (Å²) in [7, 11) is 0. The Hall–Kier alpha value is -2.78. The maximum atomic E-state index is 10.9. The molecule has 3 aromatic rings. The first-order chi connectivity index (χ1) is 12.1. The molecule has 0 aromatic heterocycles. The van der Waals surface area contributed by atoms with Crippen LogP contribution in [0.2, 0.25) is 5.02 Å². The zero-order valence-electron chi connectivity index (χ0n) is 13.5. The van der Waals surface area contributed by atoms with Gasteiger partial charge >= 0.3 is 5.97 Å². The van der Waals surface area contributed by atoms with Gasteiger partial charge in [-0.25, -0.2) is 0 Å². The molecule has 3 rings (SSSR count). The summed E-state index contributed by atoms with van der Waals surface area (Å²) in [6.07, 6.45) is -0.0334. The van der Waals surface area contributed by atoms with Gasteiger partial charge in [-0.3, -0.25) is 4.79 Å². The molecule has 0 heterocycles. The minimum absolute atomic E-state index is 0.0334. The smallest absolute Gasteiger partial charge is 0.307 e. The molecule has 0 aliphatic carbocycles. The van der Waals surface area contributed by atoms with Crippen molar-refractivity contribution in [3.8, 4) is 16.9 Å². The summed E-state index contributed by atoms with van der Waals surface area (Å²) in [5.41, 5.74) is 3.49. The average Bonchev–Trinajstić information content (AvgIpc) is 2.62. The average molecular weight is 353 g/mol. The molecule has 3 nitrogen and oxygen atoms in total. The van der Waals surface area contributed by atoms with Crippen molar-refractivity contribution in [2.24, 2.45) is 0 Å². The molecule has 126 valence electrons. The fraction of sp³-hybridized carbons (Fsp3) is 0.0952. The fourth-order valence-electron chi connectivity index (χ4n) is 2.57. The molecule has 0 atom stereocenters. The van der Waals surface area contributed by atoms with Crippen molar-refractivity contribution in [2.75, 3.05) is 0 Å². The quantitative estimate of drug-likeness (QED) is 0.662. The van der Waals surface area contributed by atoms with Crippen LogP contribution in [0.1, 0.15) is 11.1 Å². The maximum absolute atomic E-state index is 10.9. The van der Waals surface area contributed by atoms with Crippen molar-refractivity contribution in [3.63, 3.8) is 0 Å². The van der Waals surface area contributed by atoms with Crippen LogP contribution in [0, 0.1) is 0 Å². The highest BCUT2D eigenvalue weighted by Gasteiger charge is 2.08. The van der Waals surface area contributed by atoms with Crippen LogP contribution in [0.25, 0.3) is 11.1 Å². The standard InChI is InChI=1S/C21H17ClO3/c22-20-10-9-16(12-21(23)24)11-19(20)17-7-4-8-18(13-17)25-14-15-5-2-1-3-6-15/h1-11,13H,12,14H2,(H,23,24). The summed E-state index contributed by atoms with van der Waals surface area (Å²) in [5, 5.41) is 9.55. The third-order valence-corrected chi connectivity index (χ3v) is 4.11. The van der Waals surface area contributed by atoms with Gasteiger partial charge in [-0.1, -0.05) is 60.1 Å². The van der Waals surface area contributed by atoms with Crippen molar-refractivity contribution in [3.05, 3.63) is 88.9 Å². The maximum Gasteiger partial charge on any atom is 0.307 e. The van der Waals surface area contributed by atoms with Gasteiger partial charge in [-0.2, -0.15) is 0 Å². The number of benzene rings is 3. The van der Waals surface area contributed by atoms with Gasteiger partial charge in [0, 0.05) is 10.6 Å². The summed E-state index contributed by atoms with van der Waals surface area (Å²) < 4.78 is 5.85. The molecular weight excluding hydrogens is 336 g/mol. The van der Waals surface area contributed by atoms with E-state index in [0.717, 1.165) is 22.4 Å². The van der Waals surface area contributed by atoms with Crippen LogP contribution < -0.4 is 4.74 Å². The second kappa shape index (κ2) is 7.86. The van der Waals surface area contributed by atoms with Crippen molar-refractivity contribution in [1.82, 2.24) is 0 Å². The highest BCUT2D eigenvalue weighted by atomic mass is 35.5. The van der Waals surface area contributed by atoms with E-state index in [4.69, 9.17) is 21.4 Å². The Morgan fingerprint density at radius 1 is 0.920 bits per heavy atom. The number of rotatable bonds is 6. The topological polar surface area (TPSA) is 46.5 Å². The number of hydrogen-bond donors (Lipinski definition) is 1. The molecule has 1 N–H and O–H groups in total. The molecule has 0 saturated carbocycles. The molecule has 0 aliphatic rings. The summed E-state index contributed by atoms with van der Waals surface area (Å²) >= 11 is 6.30. The SMILES string of the molecule is O=C(O)Cc1ccc(Cl)c(-c2cccc(OCc3ccccc3)c2)c1. The lowest BCUT2D eigenvalue weighted by atomic mass is 10.0. The first-order valence-electron chi connectivity index (χ1n) is 7.89. The van der Waals surface area contributed by atoms with Crippen molar-refractivity contribution in [2.45, 2.75) is 13.0 Å². The molecule has 0 aliphatic heterocycles. The van der Waals surface area contributed by atoms with Gasteiger partial charge in [-0.15, -0.1) is 0 Å². The molecule has 25 heavy (non-hydrogen) atoms. The number of hydrogen-bond acceptors (Lipinski definition) is 2. The van der Waals surface area contributed by atoms with Gasteiger partial charge in [0.05, 0.1) is 6.42 Å². The Morgan fingerprint density at radius 3 is 2.48 bits per heavy atom. The first kappa shape index (κ1) is 17.1. The van der Waals surface area contributed by atoms with E-state index in [9.17, 15) is 4.79 Å². The highest BCUT2D eigenvalue weighted by Crippen LogP contribution is 2.31. The van der Waals surface area contributed by atoms with E-state index in [0.29, 0.717) is 17.2 Å². The van der Waals surface area contributed by atoms with Crippen LogP contribution in [0.3, 0.4) is 0 Å². The van der Waals surface area contributed by atoms with E-state index in [2.05, 4.69) is 0 Å². The number of aliphatic carboxylic acids is 1. The molecule has 0 saturated heterocycles. The van der Waals surface area contributed by atoms with E-state index in [1.54, 1.807) is 12.1 Å². The number of halogens is 1. The summed E-state index contributed by atoms with van der Waals surface area (Å²) in [6, 6.07) is 22.8. The Morgan fingerprint density at radius 2 is 1.72 bits per heavy atom. The predicted molar refractivity (Wildman–Crippen MR) is 99.0 cm³/mol. The number of carbonyl (C=O) groups is 1. The van der Waals surface area contributed by atoms with Crippen LogP contribution >= 0.6 is 11.6 Å². The third kappa shape index (κ3) is 4.61. The number of ether oxygens (including phenoxy) is 1. The van der Waals surface area contributed by atoms with Crippen LogP contribution in [0.5, 0.6) is 5.75 Å². The molecule has 0 spiro atoms. The molecule has 3 aromatic carbocycles. The number of carboxylic acids is 1. The van der Waals surface area contributed by atoms with Gasteiger partial charge in [0.25, 0.3) is 0 Å². The second-order valence-electron chi connectivity index (χ2n) is 5.69. The molecule has 0 radical (unpaired) electrons. The van der Waals surface area contributed by atoms with Gasteiger partial charge in [0.1, 0.15) is 12.4 Å². The second-order valence-corrected chi connectivity index (χ2v) is 6.09. The van der Waals surface area contributed by atoms with Crippen molar-refractivity contribution >= 4 is 17.6 Å². The van der Waals surface area contributed by atoms with Crippen LogP contribution in [0.15, 0.2) is 72.8 Å². The third-order valence-electron chi connectivity index (χ3n) is 3.78. The van der Waals surface area contributed by atoms with Crippen LogP contribution in [-0.4, -0.2) is 11.1 Å². The molecule has 0 amide bonds. The van der Waals surface area contributed by atoms with Crippen molar-refractivity contribution in [1.29, 1.82) is 0 Å². The minimum atomic E-state index is -0.867. The lowest BCUT2D eigenvalue weighted by Crippen LogP contribution is -2.00. The molecule has 4 heteroatoms. The van der Waals surface area contributed by atoms with Crippen LogP contribution in [0.4, 0.5) is 0 Å². The summed E-state index contributed by atoms with van der Waals surface area (Å²) in [4.78, 5) is 10.9. The van der Waals surface area contributed by atoms with E-state index in [1.165, 1.54) is 0 Å². The Kier molecular flexibility index (Phi) is 5.36. The highest BCUT2D eigenvalue weighted by molar-refractivity contribution is 6.33. The Bertz CT molecular complexity index is 875. The number of carboxylic acid groups (broad SMARTS) is 1. The summed E-state index contributed by atoms with van der Waals surface area (Å²) in [5.74, 6) is -0.130. The molecular formula is C21H17ClO3. The fourth-order valence-corrected chi connectivity index (χ4v) is 2.80. The zero-order chi connectivity index (χ0) is 17.6. The molecule has 0 fully saturated rings. The van der Waals surface area contributed by atoms with Crippen molar-refractivity contribution < 1.29 is 14.6 Å².